The van der Waals surface area contributed by atoms with Crippen LogP contribution in [0.2, 0.25) is 0 Å². The highest BCUT2D eigenvalue weighted by atomic mass is 32.2. The van der Waals surface area contributed by atoms with Crippen molar-refractivity contribution < 1.29 is 9.18 Å². The van der Waals surface area contributed by atoms with E-state index in [2.05, 4.69) is 20.5 Å². The second kappa shape index (κ2) is 9.53. The molecule has 4 aromatic rings. The summed E-state index contributed by atoms with van der Waals surface area (Å²) in [4.78, 5) is 16.6. The van der Waals surface area contributed by atoms with E-state index in [-0.39, 0.29) is 17.5 Å². The topological polar surface area (TPSA) is 72.7 Å². The number of hydrogen-bond donors (Lipinski definition) is 1. The SMILES string of the molecule is Cc1ccccc1-n1c(SCC(=O)NCc2ccc(F)cc2)nnc1-c1cccnc1. The number of hydrogen-bond acceptors (Lipinski definition) is 5. The molecule has 0 bridgehead atoms. The van der Waals surface area contributed by atoms with Gasteiger partial charge in [-0.3, -0.25) is 14.3 Å². The second-order valence-corrected chi connectivity index (χ2v) is 7.80. The van der Waals surface area contributed by atoms with Crippen molar-refractivity contribution >= 4 is 17.7 Å². The minimum atomic E-state index is -0.300. The van der Waals surface area contributed by atoms with Gasteiger partial charge < -0.3 is 5.32 Å². The minimum Gasteiger partial charge on any atom is -0.351 e. The second-order valence-electron chi connectivity index (χ2n) is 6.86. The van der Waals surface area contributed by atoms with E-state index in [4.69, 9.17) is 0 Å². The maximum atomic E-state index is 13.0. The van der Waals surface area contributed by atoms with Gasteiger partial charge in [0, 0.05) is 24.5 Å². The predicted octanol–water partition coefficient (Wildman–Crippen LogP) is 4.19. The normalized spacial score (nSPS) is 10.8. The van der Waals surface area contributed by atoms with Gasteiger partial charge in [-0.15, -0.1) is 10.2 Å². The molecule has 2 aromatic heterocycles. The van der Waals surface area contributed by atoms with Gasteiger partial charge in [-0.2, -0.15) is 0 Å². The van der Waals surface area contributed by atoms with Crippen molar-refractivity contribution in [3.05, 3.63) is 90.0 Å². The molecule has 8 heteroatoms. The van der Waals surface area contributed by atoms with Gasteiger partial charge in [0.2, 0.25) is 5.91 Å². The minimum absolute atomic E-state index is 0.142. The number of carbonyl (C=O) groups is 1. The molecule has 156 valence electrons. The number of benzene rings is 2. The number of thioether (sulfide) groups is 1. The number of carbonyl (C=O) groups excluding carboxylic acids is 1. The Labute approximate surface area is 183 Å². The van der Waals surface area contributed by atoms with Crippen molar-refractivity contribution in [1.29, 1.82) is 0 Å². The van der Waals surface area contributed by atoms with E-state index in [9.17, 15) is 9.18 Å². The van der Waals surface area contributed by atoms with Crippen LogP contribution < -0.4 is 5.32 Å². The van der Waals surface area contributed by atoms with Crippen LogP contribution in [0, 0.1) is 12.7 Å². The molecular weight excluding hydrogens is 413 g/mol. The van der Waals surface area contributed by atoms with Crippen LogP contribution in [0.5, 0.6) is 0 Å². The Hall–Kier alpha value is -3.52. The molecule has 0 radical (unpaired) electrons. The molecule has 0 aliphatic rings. The fourth-order valence-electron chi connectivity index (χ4n) is 3.06. The van der Waals surface area contributed by atoms with Crippen LogP contribution in [0.1, 0.15) is 11.1 Å². The summed E-state index contributed by atoms with van der Waals surface area (Å²) in [6.07, 6.45) is 3.45. The number of rotatable bonds is 7. The van der Waals surface area contributed by atoms with Crippen LogP contribution in [-0.4, -0.2) is 31.4 Å². The third kappa shape index (κ3) is 4.97. The Morgan fingerprint density at radius 3 is 2.61 bits per heavy atom. The summed E-state index contributed by atoms with van der Waals surface area (Å²) in [5, 5.41) is 12.2. The number of aromatic nitrogens is 4. The van der Waals surface area contributed by atoms with Crippen molar-refractivity contribution in [3.63, 3.8) is 0 Å². The molecule has 2 aromatic carbocycles. The highest BCUT2D eigenvalue weighted by Gasteiger charge is 2.18. The molecule has 4 rings (SSSR count). The zero-order valence-electron chi connectivity index (χ0n) is 16.8. The first-order chi connectivity index (χ1) is 15.1. The zero-order chi connectivity index (χ0) is 21.6. The lowest BCUT2D eigenvalue weighted by atomic mass is 10.2. The Kier molecular flexibility index (Phi) is 6.37. The van der Waals surface area contributed by atoms with Crippen LogP contribution in [-0.2, 0) is 11.3 Å². The van der Waals surface area contributed by atoms with Gasteiger partial charge in [-0.05, 0) is 48.4 Å². The number of para-hydroxylation sites is 1. The molecular formula is C23H20FN5OS. The number of nitrogens with zero attached hydrogens (tertiary/aromatic N) is 4. The summed E-state index contributed by atoms with van der Waals surface area (Å²) in [7, 11) is 0. The molecule has 0 spiro atoms. The molecule has 0 aliphatic carbocycles. The Bertz CT molecular complexity index is 1180. The maximum absolute atomic E-state index is 13.0. The van der Waals surface area contributed by atoms with Gasteiger partial charge in [-0.25, -0.2) is 4.39 Å². The van der Waals surface area contributed by atoms with Gasteiger partial charge >= 0.3 is 0 Å². The van der Waals surface area contributed by atoms with Crippen LogP contribution in [0.3, 0.4) is 0 Å². The first kappa shape index (κ1) is 20.7. The first-order valence-electron chi connectivity index (χ1n) is 9.67. The molecule has 0 saturated heterocycles. The Balaban J connectivity index is 1.53. The van der Waals surface area contributed by atoms with E-state index < -0.39 is 0 Å². The zero-order valence-corrected chi connectivity index (χ0v) is 17.6. The highest BCUT2D eigenvalue weighted by molar-refractivity contribution is 7.99. The number of amides is 1. The molecule has 0 unspecified atom stereocenters. The average Bonchev–Trinajstić information content (AvgIpc) is 3.22. The van der Waals surface area contributed by atoms with Crippen molar-refractivity contribution in [1.82, 2.24) is 25.1 Å². The van der Waals surface area contributed by atoms with Crippen molar-refractivity contribution in [2.45, 2.75) is 18.6 Å². The van der Waals surface area contributed by atoms with Crippen LogP contribution in [0.25, 0.3) is 17.1 Å². The average molecular weight is 434 g/mol. The lowest BCUT2D eigenvalue weighted by molar-refractivity contribution is -0.118. The monoisotopic (exact) mass is 433 g/mol. The predicted molar refractivity (Wildman–Crippen MR) is 118 cm³/mol. The molecule has 31 heavy (non-hydrogen) atoms. The van der Waals surface area contributed by atoms with E-state index in [0.29, 0.717) is 17.5 Å². The van der Waals surface area contributed by atoms with Gasteiger partial charge in [0.05, 0.1) is 11.4 Å². The lowest BCUT2D eigenvalue weighted by Gasteiger charge is -2.12. The molecule has 0 saturated carbocycles. The van der Waals surface area contributed by atoms with Crippen molar-refractivity contribution in [3.8, 4) is 17.1 Å². The van der Waals surface area contributed by atoms with Gasteiger partial charge in [0.1, 0.15) is 5.82 Å². The Morgan fingerprint density at radius 2 is 1.87 bits per heavy atom. The maximum Gasteiger partial charge on any atom is 0.230 e. The third-order valence-electron chi connectivity index (χ3n) is 4.64. The van der Waals surface area contributed by atoms with Gasteiger partial charge in [0.15, 0.2) is 11.0 Å². The van der Waals surface area contributed by atoms with E-state index in [0.717, 1.165) is 22.4 Å². The fraction of sp³-hybridized carbons (Fsp3) is 0.130. The molecule has 2 heterocycles. The fourth-order valence-corrected chi connectivity index (χ4v) is 3.84. The van der Waals surface area contributed by atoms with Crippen LogP contribution >= 0.6 is 11.8 Å². The van der Waals surface area contributed by atoms with E-state index >= 15 is 0 Å². The highest BCUT2D eigenvalue weighted by Crippen LogP contribution is 2.29. The summed E-state index contributed by atoms with van der Waals surface area (Å²) in [5.74, 6) is 0.400. The smallest absolute Gasteiger partial charge is 0.230 e. The van der Waals surface area contributed by atoms with Crippen LogP contribution in [0.15, 0.2) is 78.2 Å². The van der Waals surface area contributed by atoms with E-state index in [1.165, 1.54) is 23.9 Å². The number of pyridine rings is 1. The number of halogens is 1. The quantitative estimate of drug-likeness (QED) is 0.443. The van der Waals surface area contributed by atoms with E-state index in [1.54, 1.807) is 24.5 Å². The summed E-state index contributed by atoms with van der Waals surface area (Å²) in [5.41, 5.74) is 3.68. The summed E-state index contributed by atoms with van der Waals surface area (Å²) >= 11 is 1.31. The van der Waals surface area contributed by atoms with Crippen molar-refractivity contribution in [2.75, 3.05) is 5.75 Å². The molecule has 0 aliphatic heterocycles. The largest absolute Gasteiger partial charge is 0.351 e. The molecule has 1 N–H and O–H groups in total. The number of aryl methyl sites for hydroxylation is 1. The Morgan fingerprint density at radius 1 is 1.06 bits per heavy atom. The first-order valence-corrected chi connectivity index (χ1v) is 10.7. The molecule has 6 nitrogen and oxygen atoms in total. The summed E-state index contributed by atoms with van der Waals surface area (Å²) in [6, 6.07) is 17.8. The summed E-state index contributed by atoms with van der Waals surface area (Å²) in [6.45, 7) is 2.36. The summed E-state index contributed by atoms with van der Waals surface area (Å²) < 4.78 is 15.0. The standard InChI is InChI=1S/C23H20FN5OS/c1-16-5-2-3-7-20(16)29-22(18-6-4-12-25-14-18)27-28-23(29)31-15-21(30)26-13-17-8-10-19(24)11-9-17/h2-12,14H,13,15H2,1H3,(H,26,30). The van der Waals surface area contributed by atoms with Crippen LogP contribution in [0.4, 0.5) is 4.39 Å². The molecule has 1 amide bonds. The molecule has 0 atom stereocenters. The third-order valence-corrected chi connectivity index (χ3v) is 5.57. The van der Waals surface area contributed by atoms with Gasteiger partial charge in [0.25, 0.3) is 0 Å². The number of nitrogens with one attached hydrogen (secondary N) is 1. The van der Waals surface area contributed by atoms with E-state index in [1.807, 2.05) is 47.9 Å². The van der Waals surface area contributed by atoms with Gasteiger partial charge in [-0.1, -0.05) is 42.1 Å². The lowest BCUT2D eigenvalue weighted by Crippen LogP contribution is -2.24. The van der Waals surface area contributed by atoms with Crippen molar-refractivity contribution in [2.24, 2.45) is 0 Å². The molecule has 0 fully saturated rings.